The summed E-state index contributed by atoms with van der Waals surface area (Å²) in [7, 11) is 1.49. The zero-order valence-corrected chi connectivity index (χ0v) is 12.9. The lowest BCUT2D eigenvalue weighted by atomic mass is 10.1. The van der Waals surface area contributed by atoms with Crippen molar-refractivity contribution >= 4 is 29.0 Å². The molecule has 110 valence electrons. The average molecular weight is 303 g/mol. The molecule has 1 aliphatic rings. The Morgan fingerprint density at radius 2 is 2.14 bits per heavy atom. The van der Waals surface area contributed by atoms with Crippen LogP contribution in [-0.2, 0) is 11.2 Å². The summed E-state index contributed by atoms with van der Waals surface area (Å²) >= 11 is 0.957. The summed E-state index contributed by atoms with van der Waals surface area (Å²) in [5.41, 5.74) is 1.88. The summed E-state index contributed by atoms with van der Waals surface area (Å²) in [6.07, 6.45) is 4.23. The van der Waals surface area contributed by atoms with E-state index in [9.17, 15) is 9.59 Å². The SMILES string of the molecule is C=CCc1cc(/C=C2\SC(=O)N(C)C2=O)ccc1OCC. The van der Waals surface area contributed by atoms with E-state index in [0.717, 1.165) is 33.5 Å². The molecule has 1 heterocycles. The fourth-order valence-corrected chi connectivity index (χ4v) is 2.82. The molecular formula is C16H17NO3S. The zero-order chi connectivity index (χ0) is 15.4. The first-order chi connectivity index (χ1) is 10.1. The molecular weight excluding hydrogens is 286 g/mol. The Kier molecular flexibility index (Phi) is 4.85. The Labute approximate surface area is 128 Å². The van der Waals surface area contributed by atoms with Gasteiger partial charge < -0.3 is 4.74 Å². The summed E-state index contributed by atoms with van der Waals surface area (Å²) in [6.45, 7) is 6.27. The number of thioether (sulfide) groups is 1. The lowest BCUT2D eigenvalue weighted by molar-refractivity contribution is -0.121. The van der Waals surface area contributed by atoms with Crippen molar-refractivity contribution in [1.29, 1.82) is 0 Å². The monoisotopic (exact) mass is 303 g/mol. The highest BCUT2D eigenvalue weighted by Gasteiger charge is 2.31. The minimum Gasteiger partial charge on any atom is -0.494 e. The molecule has 0 aliphatic carbocycles. The predicted molar refractivity (Wildman–Crippen MR) is 85.2 cm³/mol. The number of likely N-dealkylation sites (N-methyl/N-ethyl adjacent to an activating group) is 1. The molecule has 0 radical (unpaired) electrons. The quantitative estimate of drug-likeness (QED) is 0.617. The lowest BCUT2D eigenvalue weighted by Crippen LogP contribution is -2.22. The summed E-state index contributed by atoms with van der Waals surface area (Å²) < 4.78 is 5.57. The van der Waals surface area contributed by atoms with E-state index in [4.69, 9.17) is 4.74 Å². The van der Waals surface area contributed by atoms with Gasteiger partial charge >= 0.3 is 0 Å². The number of carbonyl (C=O) groups is 2. The van der Waals surface area contributed by atoms with Crippen LogP contribution in [0.25, 0.3) is 6.08 Å². The van der Waals surface area contributed by atoms with E-state index in [1.54, 1.807) is 6.08 Å². The number of benzene rings is 1. The Balaban J connectivity index is 2.33. The number of amides is 2. The first-order valence-electron chi connectivity index (χ1n) is 6.65. The largest absolute Gasteiger partial charge is 0.494 e. The number of nitrogens with zero attached hydrogens (tertiary/aromatic N) is 1. The molecule has 0 spiro atoms. The molecule has 1 aromatic rings. The van der Waals surface area contributed by atoms with Crippen LogP contribution >= 0.6 is 11.8 Å². The molecule has 2 rings (SSSR count). The number of allylic oxidation sites excluding steroid dienone is 1. The highest BCUT2D eigenvalue weighted by molar-refractivity contribution is 8.18. The van der Waals surface area contributed by atoms with Gasteiger partial charge in [-0.2, -0.15) is 0 Å². The maximum Gasteiger partial charge on any atom is 0.293 e. The van der Waals surface area contributed by atoms with Crippen molar-refractivity contribution in [3.63, 3.8) is 0 Å². The van der Waals surface area contributed by atoms with Crippen LogP contribution in [0, 0.1) is 0 Å². The van der Waals surface area contributed by atoms with Gasteiger partial charge in [0.05, 0.1) is 11.5 Å². The molecule has 1 aromatic carbocycles. The topological polar surface area (TPSA) is 46.6 Å². The summed E-state index contributed by atoms with van der Waals surface area (Å²) in [5.74, 6) is 0.558. The van der Waals surface area contributed by atoms with Crippen molar-refractivity contribution in [3.05, 3.63) is 46.9 Å². The van der Waals surface area contributed by atoms with Crippen LogP contribution in [0.3, 0.4) is 0 Å². The van der Waals surface area contributed by atoms with E-state index in [2.05, 4.69) is 6.58 Å². The smallest absolute Gasteiger partial charge is 0.293 e. The van der Waals surface area contributed by atoms with Gasteiger partial charge in [-0.15, -0.1) is 6.58 Å². The number of carbonyl (C=O) groups excluding carboxylic acids is 2. The maximum atomic E-state index is 11.9. The van der Waals surface area contributed by atoms with Crippen LogP contribution < -0.4 is 4.74 Å². The molecule has 0 aromatic heterocycles. The van der Waals surface area contributed by atoms with E-state index in [-0.39, 0.29) is 11.1 Å². The maximum absolute atomic E-state index is 11.9. The van der Waals surface area contributed by atoms with Gasteiger partial charge in [0.15, 0.2) is 0 Å². The fourth-order valence-electron chi connectivity index (χ4n) is 2.00. The van der Waals surface area contributed by atoms with Crippen LogP contribution in [0.1, 0.15) is 18.1 Å². The van der Waals surface area contributed by atoms with Crippen LogP contribution in [0.15, 0.2) is 35.8 Å². The van der Waals surface area contributed by atoms with Crippen molar-refractivity contribution in [1.82, 2.24) is 4.90 Å². The second-order valence-corrected chi connectivity index (χ2v) is 5.53. The summed E-state index contributed by atoms with van der Waals surface area (Å²) in [4.78, 5) is 24.9. The van der Waals surface area contributed by atoms with E-state index in [0.29, 0.717) is 17.9 Å². The molecule has 1 fully saturated rings. The third kappa shape index (κ3) is 3.36. The van der Waals surface area contributed by atoms with Crippen molar-refractivity contribution in [2.75, 3.05) is 13.7 Å². The first-order valence-corrected chi connectivity index (χ1v) is 7.46. The van der Waals surface area contributed by atoms with Crippen molar-refractivity contribution < 1.29 is 14.3 Å². The highest BCUT2D eigenvalue weighted by atomic mass is 32.2. The molecule has 0 unspecified atom stereocenters. The third-order valence-electron chi connectivity index (χ3n) is 3.03. The van der Waals surface area contributed by atoms with Gasteiger partial charge in [-0.1, -0.05) is 12.1 Å². The van der Waals surface area contributed by atoms with Gasteiger partial charge in [0.25, 0.3) is 11.1 Å². The predicted octanol–water partition coefficient (Wildman–Crippen LogP) is 3.48. The molecule has 0 bridgehead atoms. The normalized spacial score (nSPS) is 16.7. The molecule has 4 nitrogen and oxygen atoms in total. The summed E-state index contributed by atoms with van der Waals surface area (Å²) in [6, 6.07) is 5.71. The molecule has 5 heteroatoms. The molecule has 21 heavy (non-hydrogen) atoms. The number of hydrogen-bond donors (Lipinski definition) is 0. The average Bonchev–Trinajstić information content (AvgIpc) is 2.70. The van der Waals surface area contributed by atoms with E-state index in [1.165, 1.54) is 7.05 Å². The van der Waals surface area contributed by atoms with Gasteiger partial charge in [-0.05, 0) is 54.4 Å². The lowest BCUT2D eigenvalue weighted by Gasteiger charge is -2.09. The highest BCUT2D eigenvalue weighted by Crippen LogP contribution is 2.32. The third-order valence-corrected chi connectivity index (χ3v) is 3.99. The van der Waals surface area contributed by atoms with Gasteiger partial charge in [0, 0.05) is 7.05 Å². The second kappa shape index (κ2) is 6.63. The molecule has 0 saturated carbocycles. The molecule has 0 N–H and O–H groups in total. The summed E-state index contributed by atoms with van der Waals surface area (Å²) in [5, 5.41) is -0.247. The Hall–Kier alpha value is -2.01. The number of imide groups is 1. The van der Waals surface area contributed by atoms with Crippen LogP contribution in [0.5, 0.6) is 5.75 Å². The first kappa shape index (κ1) is 15.4. The van der Waals surface area contributed by atoms with E-state index >= 15 is 0 Å². The zero-order valence-electron chi connectivity index (χ0n) is 12.1. The number of rotatable bonds is 5. The second-order valence-electron chi connectivity index (χ2n) is 4.53. The number of ether oxygens (including phenoxy) is 1. The van der Waals surface area contributed by atoms with Crippen molar-refractivity contribution in [2.24, 2.45) is 0 Å². The minimum atomic E-state index is -0.260. The van der Waals surface area contributed by atoms with Gasteiger partial charge in [0.1, 0.15) is 5.75 Å². The Morgan fingerprint density at radius 3 is 2.71 bits per heavy atom. The van der Waals surface area contributed by atoms with Crippen LogP contribution in [0.2, 0.25) is 0 Å². The van der Waals surface area contributed by atoms with Gasteiger partial charge in [-0.25, -0.2) is 0 Å². The number of hydrogen-bond acceptors (Lipinski definition) is 4. The van der Waals surface area contributed by atoms with E-state index < -0.39 is 0 Å². The van der Waals surface area contributed by atoms with Crippen LogP contribution in [0.4, 0.5) is 4.79 Å². The van der Waals surface area contributed by atoms with E-state index in [1.807, 2.05) is 31.2 Å². The Morgan fingerprint density at radius 1 is 1.38 bits per heavy atom. The Bertz CT molecular complexity index is 622. The molecule has 1 saturated heterocycles. The fraction of sp³-hybridized carbons (Fsp3) is 0.250. The molecule has 1 aliphatic heterocycles. The van der Waals surface area contributed by atoms with Crippen molar-refractivity contribution in [2.45, 2.75) is 13.3 Å². The molecule has 0 atom stereocenters. The van der Waals surface area contributed by atoms with Gasteiger partial charge in [0.2, 0.25) is 0 Å². The minimum absolute atomic E-state index is 0.247. The molecule has 2 amide bonds. The van der Waals surface area contributed by atoms with Crippen molar-refractivity contribution in [3.8, 4) is 5.75 Å². The van der Waals surface area contributed by atoms with Gasteiger partial charge in [-0.3, -0.25) is 14.5 Å². The standard InChI is InChI=1S/C16H17NO3S/c1-4-6-12-9-11(7-8-13(12)20-5-2)10-14-15(18)17(3)16(19)21-14/h4,7-10H,1,5-6H2,2-3H3/b14-10-. The van der Waals surface area contributed by atoms with Crippen LogP contribution in [-0.4, -0.2) is 29.7 Å².